The average molecular weight is 312 g/mol. The molecule has 1 aliphatic rings. The second-order valence-corrected chi connectivity index (χ2v) is 5.79. The van der Waals surface area contributed by atoms with Gasteiger partial charge in [0.25, 0.3) is 5.91 Å². The third-order valence-electron chi connectivity index (χ3n) is 3.63. The number of hydrogen-bond acceptors (Lipinski definition) is 2. The summed E-state index contributed by atoms with van der Waals surface area (Å²) in [5, 5.41) is 9.83. The van der Waals surface area contributed by atoms with Gasteiger partial charge in [-0.2, -0.15) is 0 Å². The largest absolute Gasteiger partial charge is 0.507 e. The standard InChI is InChI=1S/C14H18BrNO2/c1-16(11-5-3-2-4-6-11)14(18)12-8-7-10(15)9-13(12)17/h7-9,11,17H,2-6H2,1H3. The van der Waals surface area contributed by atoms with Crippen LogP contribution in [0.15, 0.2) is 22.7 Å². The molecule has 1 aliphatic carbocycles. The molecule has 0 aliphatic heterocycles. The molecule has 0 aromatic heterocycles. The Morgan fingerprint density at radius 1 is 1.33 bits per heavy atom. The normalized spacial score (nSPS) is 16.6. The summed E-state index contributed by atoms with van der Waals surface area (Å²) in [6.45, 7) is 0. The maximum absolute atomic E-state index is 12.3. The third kappa shape index (κ3) is 2.86. The quantitative estimate of drug-likeness (QED) is 0.907. The third-order valence-corrected chi connectivity index (χ3v) is 4.13. The van der Waals surface area contributed by atoms with Gasteiger partial charge >= 0.3 is 0 Å². The number of carbonyl (C=O) groups excluding carboxylic acids is 1. The lowest BCUT2D eigenvalue weighted by Crippen LogP contribution is -2.38. The van der Waals surface area contributed by atoms with Crippen LogP contribution in [0.5, 0.6) is 5.75 Å². The van der Waals surface area contributed by atoms with E-state index in [1.807, 2.05) is 7.05 Å². The fraction of sp³-hybridized carbons (Fsp3) is 0.500. The van der Waals surface area contributed by atoms with E-state index in [1.54, 1.807) is 23.1 Å². The zero-order chi connectivity index (χ0) is 13.1. The zero-order valence-electron chi connectivity index (χ0n) is 10.5. The van der Waals surface area contributed by atoms with E-state index < -0.39 is 0 Å². The number of carbonyl (C=O) groups is 1. The predicted molar refractivity (Wildman–Crippen MR) is 74.8 cm³/mol. The van der Waals surface area contributed by atoms with Gasteiger partial charge in [0.05, 0.1) is 5.56 Å². The minimum absolute atomic E-state index is 0.0389. The molecule has 0 radical (unpaired) electrons. The van der Waals surface area contributed by atoms with Crippen molar-refractivity contribution in [3.8, 4) is 5.75 Å². The van der Waals surface area contributed by atoms with Crippen molar-refractivity contribution < 1.29 is 9.90 Å². The van der Waals surface area contributed by atoms with Crippen LogP contribution in [0.25, 0.3) is 0 Å². The lowest BCUT2D eigenvalue weighted by Gasteiger charge is -2.31. The molecule has 0 saturated heterocycles. The van der Waals surface area contributed by atoms with Crippen LogP contribution in [0.1, 0.15) is 42.5 Å². The van der Waals surface area contributed by atoms with Crippen molar-refractivity contribution in [2.45, 2.75) is 38.1 Å². The molecule has 1 aromatic rings. The molecule has 0 unspecified atom stereocenters. The Hall–Kier alpha value is -1.03. The lowest BCUT2D eigenvalue weighted by molar-refractivity contribution is 0.0693. The topological polar surface area (TPSA) is 40.5 Å². The van der Waals surface area contributed by atoms with Crippen molar-refractivity contribution in [1.29, 1.82) is 0 Å². The van der Waals surface area contributed by atoms with Gasteiger partial charge in [0.1, 0.15) is 5.75 Å². The van der Waals surface area contributed by atoms with Crippen LogP contribution in [-0.4, -0.2) is 29.0 Å². The van der Waals surface area contributed by atoms with Crippen molar-refractivity contribution in [3.05, 3.63) is 28.2 Å². The number of nitrogens with zero attached hydrogens (tertiary/aromatic N) is 1. The van der Waals surface area contributed by atoms with Crippen molar-refractivity contribution in [1.82, 2.24) is 4.90 Å². The molecule has 0 spiro atoms. The number of benzene rings is 1. The minimum atomic E-state index is -0.0908. The first-order valence-electron chi connectivity index (χ1n) is 6.35. The molecule has 0 heterocycles. The van der Waals surface area contributed by atoms with Gasteiger partial charge in [-0.15, -0.1) is 0 Å². The maximum atomic E-state index is 12.3. The van der Waals surface area contributed by atoms with Gasteiger partial charge in [-0.25, -0.2) is 0 Å². The number of hydrogen-bond donors (Lipinski definition) is 1. The molecule has 98 valence electrons. The monoisotopic (exact) mass is 311 g/mol. The van der Waals surface area contributed by atoms with Crippen molar-refractivity contribution in [2.75, 3.05) is 7.05 Å². The summed E-state index contributed by atoms with van der Waals surface area (Å²) in [7, 11) is 1.83. The summed E-state index contributed by atoms with van der Waals surface area (Å²) in [5.41, 5.74) is 0.381. The van der Waals surface area contributed by atoms with Crippen LogP contribution < -0.4 is 0 Å². The first-order chi connectivity index (χ1) is 8.59. The first kappa shape index (κ1) is 13.4. The highest BCUT2D eigenvalue weighted by molar-refractivity contribution is 9.10. The summed E-state index contributed by atoms with van der Waals surface area (Å²) in [6.07, 6.45) is 5.78. The Kier molecular flexibility index (Phi) is 4.27. The van der Waals surface area contributed by atoms with E-state index in [-0.39, 0.29) is 11.7 Å². The summed E-state index contributed by atoms with van der Waals surface area (Å²) in [5.74, 6) is -0.0519. The van der Waals surface area contributed by atoms with E-state index in [4.69, 9.17) is 0 Å². The summed E-state index contributed by atoms with van der Waals surface area (Å²) >= 11 is 3.27. The van der Waals surface area contributed by atoms with E-state index >= 15 is 0 Å². The molecular formula is C14H18BrNO2. The number of phenols is 1. The van der Waals surface area contributed by atoms with E-state index in [0.717, 1.165) is 17.3 Å². The molecule has 3 nitrogen and oxygen atoms in total. The highest BCUT2D eigenvalue weighted by Crippen LogP contribution is 2.27. The van der Waals surface area contributed by atoms with Gasteiger partial charge in [0.15, 0.2) is 0 Å². The van der Waals surface area contributed by atoms with E-state index in [0.29, 0.717) is 11.6 Å². The van der Waals surface area contributed by atoms with E-state index in [9.17, 15) is 9.90 Å². The molecule has 0 atom stereocenters. The Morgan fingerprint density at radius 3 is 2.61 bits per heavy atom. The fourth-order valence-corrected chi connectivity index (χ4v) is 2.86. The second kappa shape index (κ2) is 5.74. The Balaban J connectivity index is 2.14. The zero-order valence-corrected chi connectivity index (χ0v) is 12.1. The van der Waals surface area contributed by atoms with Crippen LogP contribution in [0, 0.1) is 0 Å². The van der Waals surface area contributed by atoms with Gasteiger partial charge in [0, 0.05) is 17.6 Å². The van der Waals surface area contributed by atoms with E-state index in [1.165, 1.54) is 19.3 Å². The number of rotatable bonds is 2. The summed E-state index contributed by atoms with van der Waals surface area (Å²) in [6, 6.07) is 5.32. The van der Waals surface area contributed by atoms with Crippen LogP contribution in [0.2, 0.25) is 0 Å². The molecule has 1 saturated carbocycles. The smallest absolute Gasteiger partial charge is 0.257 e. The van der Waals surface area contributed by atoms with Crippen LogP contribution in [0.4, 0.5) is 0 Å². The van der Waals surface area contributed by atoms with Gasteiger partial charge in [-0.1, -0.05) is 35.2 Å². The number of halogens is 1. The molecular weight excluding hydrogens is 294 g/mol. The molecule has 4 heteroatoms. The van der Waals surface area contributed by atoms with Gasteiger partial charge in [-0.3, -0.25) is 4.79 Å². The molecule has 1 aromatic carbocycles. The molecule has 1 N–H and O–H groups in total. The molecule has 1 amide bonds. The van der Waals surface area contributed by atoms with Crippen molar-refractivity contribution in [2.24, 2.45) is 0 Å². The Morgan fingerprint density at radius 2 is 2.00 bits per heavy atom. The number of phenolic OH excluding ortho intramolecular Hbond substituents is 1. The first-order valence-corrected chi connectivity index (χ1v) is 7.14. The van der Waals surface area contributed by atoms with Gasteiger partial charge in [-0.05, 0) is 31.0 Å². The van der Waals surface area contributed by atoms with Crippen LogP contribution in [-0.2, 0) is 0 Å². The number of aromatic hydroxyl groups is 1. The second-order valence-electron chi connectivity index (χ2n) is 4.87. The molecule has 1 fully saturated rings. The van der Waals surface area contributed by atoms with Gasteiger partial charge < -0.3 is 10.0 Å². The average Bonchev–Trinajstić information content (AvgIpc) is 2.38. The van der Waals surface area contributed by atoms with Crippen molar-refractivity contribution >= 4 is 21.8 Å². The van der Waals surface area contributed by atoms with Crippen LogP contribution in [0.3, 0.4) is 0 Å². The fourth-order valence-electron chi connectivity index (χ4n) is 2.51. The molecule has 0 bridgehead atoms. The Labute approximate surface area is 116 Å². The van der Waals surface area contributed by atoms with Crippen LogP contribution >= 0.6 is 15.9 Å². The van der Waals surface area contributed by atoms with Crippen molar-refractivity contribution in [3.63, 3.8) is 0 Å². The molecule has 18 heavy (non-hydrogen) atoms. The predicted octanol–water partition coefficient (Wildman–Crippen LogP) is 3.56. The van der Waals surface area contributed by atoms with Gasteiger partial charge in [0.2, 0.25) is 0 Å². The maximum Gasteiger partial charge on any atom is 0.257 e. The summed E-state index contributed by atoms with van der Waals surface area (Å²) in [4.78, 5) is 14.1. The lowest BCUT2D eigenvalue weighted by atomic mass is 9.94. The van der Waals surface area contributed by atoms with E-state index in [2.05, 4.69) is 15.9 Å². The summed E-state index contributed by atoms with van der Waals surface area (Å²) < 4.78 is 0.775. The Bertz CT molecular complexity index is 441. The minimum Gasteiger partial charge on any atom is -0.507 e. The highest BCUT2D eigenvalue weighted by atomic mass is 79.9. The highest BCUT2D eigenvalue weighted by Gasteiger charge is 2.24. The number of amides is 1. The molecule has 2 rings (SSSR count). The SMILES string of the molecule is CN(C(=O)c1ccc(Br)cc1O)C1CCCCC1.